The minimum atomic E-state index is -3.57. The second-order valence-corrected chi connectivity index (χ2v) is 7.87. The summed E-state index contributed by atoms with van der Waals surface area (Å²) in [7, 11) is -3.57. The number of carbonyl (C=O) groups excluding carboxylic acids is 1. The smallest absolute Gasteiger partial charge is 0.293 e. The fourth-order valence-electron chi connectivity index (χ4n) is 2.35. The van der Waals surface area contributed by atoms with Crippen molar-refractivity contribution < 1.29 is 22.5 Å². The van der Waals surface area contributed by atoms with Gasteiger partial charge in [-0.15, -0.1) is 0 Å². The first kappa shape index (κ1) is 20.3. The molecule has 10 heteroatoms. The van der Waals surface area contributed by atoms with Gasteiger partial charge in [0.1, 0.15) is 11.5 Å². The van der Waals surface area contributed by atoms with Crippen molar-refractivity contribution in [3.63, 3.8) is 0 Å². The molecule has 0 aliphatic heterocycles. The number of hydrogen-bond acceptors (Lipinski definition) is 6. The van der Waals surface area contributed by atoms with Gasteiger partial charge in [-0.1, -0.05) is 6.07 Å². The van der Waals surface area contributed by atoms with Gasteiger partial charge in [0, 0.05) is 31.0 Å². The summed E-state index contributed by atoms with van der Waals surface area (Å²) in [6, 6.07) is 7.42. The molecule has 27 heavy (non-hydrogen) atoms. The van der Waals surface area contributed by atoms with E-state index in [0.29, 0.717) is 5.56 Å². The van der Waals surface area contributed by atoms with Crippen molar-refractivity contribution in [1.82, 2.24) is 5.32 Å². The number of anilines is 1. The Labute approximate surface area is 155 Å². The van der Waals surface area contributed by atoms with Crippen molar-refractivity contribution >= 4 is 27.1 Å². The van der Waals surface area contributed by atoms with E-state index < -0.39 is 26.5 Å². The van der Waals surface area contributed by atoms with E-state index in [4.69, 9.17) is 0 Å². The predicted molar refractivity (Wildman–Crippen MR) is 98.2 cm³/mol. The summed E-state index contributed by atoms with van der Waals surface area (Å²) in [5.41, 5.74) is 0.571. The molecule has 0 aliphatic rings. The summed E-state index contributed by atoms with van der Waals surface area (Å²) in [6.07, 6.45) is 0.961. The molecule has 2 aromatic rings. The van der Waals surface area contributed by atoms with Crippen molar-refractivity contribution in [3.8, 4) is 0 Å². The summed E-state index contributed by atoms with van der Waals surface area (Å²) >= 11 is 0. The Balaban J connectivity index is 2.02. The summed E-state index contributed by atoms with van der Waals surface area (Å²) in [6.45, 7) is 1.96. The Hall–Kier alpha value is -3.01. The van der Waals surface area contributed by atoms with Crippen LogP contribution in [0.4, 0.5) is 15.8 Å². The number of benzene rings is 2. The Kier molecular flexibility index (Phi) is 6.11. The Bertz CT molecular complexity index is 992. The van der Waals surface area contributed by atoms with Crippen molar-refractivity contribution in [2.24, 2.45) is 0 Å². The Morgan fingerprint density at radius 3 is 2.52 bits per heavy atom. The molecular weight excluding hydrogens is 377 g/mol. The van der Waals surface area contributed by atoms with Gasteiger partial charge in [-0.05, 0) is 36.8 Å². The standard InChI is InChI=1S/C17H18FN3O5S/c1-11-3-4-12(18)9-14(11)17(22)20-8-7-19-15-6-5-13(27(2,25)26)10-16(15)21(23)24/h3-6,9-10,19H,7-8H2,1-2H3,(H,20,22). The number of nitro benzene ring substituents is 1. The molecule has 2 aromatic carbocycles. The third-order valence-corrected chi connectivity index (χ3v) is 4.87. The molecule has 2 rings (SSSR count). The second-order valence-electron chi connectivity index (χ2n) is 5.85. The van der Waals surface area contributed by atoms with E-state index in [1.807, 2.05) is 0 Å². The number of carbonyl (C=O) groups is 1. The van der Waals surface area contributed by atoms with Crippen LogP contribution in [0.5, 0.6) is 0 Å². The largest absolute Gasteiger partial charge is 0.378 e. The van der Waals surface area contributed by atoms with E-state index in [2.05, 4.69) is 10.6 Å². The van der Waals surface area contributed by atoms with Gasteiger partial charge in [0.2, 0.25) is 0 Å². The summed E-state index contributed by atoms with van der Waals surface area (Å²) in [4.78, 5) is 22.4. The van der Waals surface area contributed by atoms with Gasteiger partial charge in [-0.3, -0.25) is 14.9 Å². The normalized spacial score (nSPS) is 11.1. The molecule has 0 spiro atoms. The van der Waals surface area contributed by atoms with Gasteiger partial charge < -0.3 is 10.6 Å². The molecule has 144 valence electrons. The van der Waals surface area contributed by atoms with Crippen LogP contribution < -0.4 is 10.6 Å². The van der Waals surface area contributed by atoms with Crippen molar-refractivity contribution in [3.05, 3.63) is 63.5 Å². The molecule has 0 saturated heterocycles. The maximum atomic E-state index is 13.3. The minimum Gasteiger partial charge on any atom is -0.378 e. The van der Waals surface area contributed by atoms with Gasteiger partial charge in [0.15, 0.2) is 9.84 Å². The first-order valence-corrected chi connectivity index (χ1v) is 9.75. The molecular formula is C17H18FN3O5S. The summed E-state index contributed by atoms with van der Waals surface area (Å²) in [5.74, 6) is -0.985. The van der Waals surface area contributed by atoms with Crippen molar-refractivity contribution in [1.29, 1.82) is 0 Å². The zero-order valence-corrected chi connectivity index (χ0v) is 15.5. The molecule has 0 radical (unpaired) electrons. The van der Waals surface area contributed by atoms with Crippen molar-refractivity contribution in [2.75, 3.05) is 24.7 Å². The summed E-state index contributed by atoms with van der Waals surface area (Å²) < 4.78 is 36.3. The molecule has 2 N–H and O–H groups in total. The first-order valence-electron chi connectivity index (χ1n) is 7.86. The SMILES string of the molecule is Cc1ccc(F)cc1C(=O)NCCNc1ccc(S(C)(=O)=O)cc1[N+](=O)[O-]. The highest BCUT2D eigenvalue weighted by Gasteiger charge is 2.18. The maximum Gasteiger partial charge on any atom is 0.293 e. The van der Waals surface area contributed by atoms with Crippen LogP contribution in [0.3, 0.4) is 0 Å². The molecule has 0 aromatic heterocycles. The average Bonchev–Trinajstić information content (AvgIpc) is 2.59. The molecule has 0 aliphatic carbocycles. The van der Waals surface area contributed by atoms with Crippen molar-refractivity contribution in [2.45, 2.75) is 11.8 Å². The van der Waals surface area contributed by atoms with E-state index in [-0.39, 0.29) is 34.9 Å². The predicted octanol–water partition coefficient (Wildman–Crippen LogP) is 2.29. The molecule has 0 saturated carbocycles. The Morgan fingerprint density at radius 2 is 1.89 bits per heavy atom. The van der Waals surface area contributed by atoms with Gasteiger partial charge in [-0.2, -0.15) is 0 Å². The molecule has 8 nitrogen and oxygen atoms in total. The van der Waals surface area contributed by atoms with Gasteiger partial charge in [0.25, 0.3) is 11.6 Å². The maximum absolute atomic E-state index is 13.3. The van der Waals surface area contributed by atoms with Crippen LogP contribution in [-0.2, 0) is 9.84 Å². The zero-order valence-electron chi connectivity index (χ0n) is 14.7. The van der Waals surface area contributed by atoms with Gasteiger partial charge in [-0.25, -0.2) is 12.8 Å². The molecule has 0 heterocycles. The number of halogens is 1. The third kappa shape index (κ3) is 5.23. The monoisotopic (exact) mass is 395 g/mol. The van der Waals surface area contributed by atoms with E-state index in [1.54, 1.807) is 6.92 Å². The van der Waals surface area contributed by atoms with E-state index in [1.165, 1.54) is 24.3 Å². The second kappa shape index (κ2) is 8.12. The lowest BCUT2D eigenvalue weighted by Crippen LogP contribution is -2.29. The number of sulfone groups is 1. The highest BCUT2D eigenvalue weighted by atomic mass is 32.2. The number of rotatable bonds is 7. The van der Waals surface area contributed by atoms with Gasteiger partial charge in [0.05, 0.1) is 9.82 Å². The van der Waals surface area contributed by atoms with Crippen LogP contribution in [0.2, 0.25) is 0 Å². The number of nitro groups is 1. The topological polar surface area (TPSA) is 118 Å². The lowest BCUT2D eigenvalue weighted by Gasteiger charge is -2.10. The lowest BCUT2D eigenvalue weighted by molar-refractivity contribution is -0.384. The number of hydrogen-bond donors (Lipinski definition) is 2. The van der Waals surface area contributed by atoms with Gasteiger partial charge >= 0.3 is 0 Å². The van der Waals surface area contributed by atoms with E-state index in [9.17, 15) is 27.7 Å². The van der Waals surface area contributed by atoms with E-state index in [0.717, 1.165) is 18.4 Å². The van der Waals surface area contributed by atoms with Crippen LogP contribution in [0, 0.1) is 22.9 Å². The lowest BCUT2D eigenvalue weighted by atomic mass is 10.1. The highest BCUT2D eigenvalue weighted by Crippen LogP contribution is 2.27. The zero-order chi connectivity index (χ0) is 20.2. The van der Waals surface area contributed by atoms with Crippen LogP contribution >= 0.6 is 0 Å². The molecule has 0 bridgehead atoms. The molecule has 0 unspecified atom stereocenters. The average molecular weight is 395 g/mol. The molecule has 1 amide bonds. The number of aryl methyl sites for hydroxylation is 1. The summed E-state index contributed by atoms with van der Waals surface area (Å²) in [5, 5.41) is 16.5. The van der Waals surface area contributed by atoms with Crippen LogP contribution in [0.25, 0.3) is 0 Å². The Morgan fingerprint density at radius 1 is 1.19 bits per heavy atom. The minimum absolute atomic E-state index is 0.125. The molecule has 0 atom stereocenters. The van der Waals surface area contributed by atoms with E-state index >= 15 is 0 Å². The number of nitrogens with one attached hydrogen (secondary N) is 2. The highest BCUT2D eigenvalue weighted by molar-refractivity contribution is 7.90. The quantitative estimate of drug-likeness (QED) is 0.422. The van der Waals surface area contributed by atoms with Crippen LogP contribution in [-0.4, -0.2) is 38.6 Å². The molecule has 0 fully saturated rings. The first-order chi connectivity index (χ1) is 12.6. The van der Waals surface area contributed by atoms with Crippen LogP contribution in [0.15, 0.2) is 41.3 Å². The number of nitrogens with zero attached hydrogens (tertiary/aromatic N) is 1. The fourth-order valence-corrected chi connectivity index (χ4v) is 2.99. The fraction of sp³-hybridized carbons (Fsp3) is 0.235. The number of amides is 1. The van der Waals surface area contributed by atoms with Crippen LogP contribution in [0.1, 0.15) is 15.9 Å². The third-order valence-electron chi connectivity index (χ3n) is 3.76.